The second kappa shape index (κ2) is 10.8. The number of amides is 1. The van der Waals surface area contributed by atoms with E-state index in [4.69, 9.17) is 9.47 Å². The van der Waals surface area contributed by atoms with Crippen LogP contribution in [0.5, 0.6) is 11.5 Å². The van der Waals surface area contributed by atoms with Gasteiger partial charge in [-0.15, -0.1) is 0 Å². The number of rotatable bonds is 11. The van der Waals surface area contributed by atoms with Gasteiger partial charge in [0.15, 0.2) is 0 Å². The van der Waals surface area contributed by atoms with Crippen molar-refractivity contribution in [2.45, 2.75) is 19.8 Å². The summed E-state index contributed by atoms with van der Waals surface area (Å²) in [4.78, 5) is 12.2. The molecule has 2 aromatic rings. The first-order valence-electron chi connectivity index (χ1n) is 8.81. The van der Waals surface area contributed by atoms with Gasteiger partial charge in [-0.05, 0) is 30.7 Å². The van der Waals surface area contributed by atoms with Crippen molar-refractivity contribution in [3.63, 3.8) is 0 Å². The third-order valence-corrected chi connectivity index (χ3v) is 3.54. The van der Waals surface area contributed by atoms with Crippen LogP contribution in [0, 0.1) is 0 Å². The lowest BCUT2D eigenvalue weighted by molar-refractivity contribution is -0.114. The number of benzene rings is 2. The van der Waals surface area contributed by atoms with Crippen LogP contribution in [0.3, 0.4) is 0 Å². The fraction of sp³-hybridized carbons (Fsp3) is 0.286. The lowest BCUT2D eigenvalue weighted by Crippen LogP contribution is -2.21. The summed E-state index contributed by atoms with van der Waals surface area (Å²) in [6.07, 6.45) is 3.78. The zero-order valence-corrected chi connectivity index (χ0v) is 15.2. The summed E-state index contributed by atoms with van der Waals surface area (Å²) >= 11 is 0. The molecule has 26 heavy (non-hydrogen) atoms. The average Bonchev–Trinajstić information content (AvgIpc) is 2.66. The maximum atomic E-state index is 12.2. The highest BCUT2D eigenvalue weighted by molar-refractivity contribution is 5.93. The van der Waals surface area contributed by atoms with Crippen LogP contribution in [0.15, 0.2) is 61.2 Å². The Labute approximate surface area is 155 Å². The number of carbonyl (C=O) groups is 1. The van der Waals surface area contributed by atoms with Gasteiger partial charge in [0.2, 0.25) is 5.91 Å². The monoisotopic (exact) mass is 354 g/mol. The van der Waals surface area contributed by atoms with Crippen molar-refractivity contribution in [2.75, 3.05) is 30.4 Å². The molecule has 5 heteroatoms. The van der Waals surface area contributed by atoms with Crippen LogP contribution in [0.25, 0.3) is 0 Å². The highest BCUT2D eigenvalue weighted by Gasteiger charge is 2.04. The van der Waals surface area contributed by atoms with Crippen molar-refractivity contribution in [1.29, 1.82) is 0 Å². The summed E-state index contributed by atoms with van der Waals surface area (Å²) in [7, 11) is 0. The van der Waals surface area contributed by atoms with E-state index in [0.717, 1.165) is 30.0 Å². The quantitative estimate of drug-likeness (QED) is 0.461. The molecule has 0 aliphatic heterocycles. The molecule has 1 amide bonds. The molecule has 0 heterocycles. The Morgan fingerprint density at radius 1 is 1.08 bits per heavy atom. The van der Waals surface area contributed by atoms with Crippen molar-refractivity contribution in [3.8, 4) is 11.5 Å². The molecule has 138 valence electrons. The summed E-state index contributed by atoms with van der Waals surface area (Å²) in [5.41, 5.74) is 1.53. The van der Waals surface area contributed by atoms with Gasteiger partial charge in [0.25, 0.3) is 0 Å². The number of unbranched alkanes of at least 4 members (excludes halogenated alkanes) is 1. The zero-order valence-electron chi connectivity index (χ0n) is 15.2. The first-order valence-corrected chi connectivity index (χ1v) is 8.81. The Hall–Kier alpha value is -2.95. The maximum Gasteiger partial charge on any atom is 0.243 e. The molecule has 5 nitrogen and oxygen atoms in total. The van der Waals surface area contributed by atoms with Crippen LogP contribution in [0.1, 0.15) is 19.8 Å². The van der Waals surface area contributed by atoms with Gasteiger partial charge in [-0.25, -0.2) is 0 Å². The van der Waals surface area contributed by atoms with Crippen LogP contribution in [-0.2, 0) is 4.79 Å². The van der Waals surface area contributed by atoms with Gasteiger partial charge >= 0.3 is 0 Å². The molecular weight excluding hydrogens is 328 g/mol. The van der Waals surface area contributed by atoms with Crippen LogP contribution in [0.2, 0.25) is 0 Å². The molecule has 0 fully saturated rings. The highest BCUT2D eigenvalue weighted by atomic mass is 16.5. The van der Waals surface area contributed by atoms with Crippen molar-refractivity contribution in [1.82, 2.24) is 0 Å². The molecule has 0 atom stereocenters. The first-order chi connectivity index (χ1) is 12.7. The summed E-state index contributed by atoms with van der Waals surface area (Å²) < 4.78 is 11.1. The van der Waals surface area contributed by atoms with Crippen LogP contribution < -0.4 is 20.1 Å². The lowest BCUT2D eigenvalue weighted by atomic mass is 10.3. The maximum absolute atomic E-state index is 12.2. The van der Waals surface area contributed by atoms with E-state index < -0.39 is 0 Å². The Morgan fingerprint density at radius 2 is 1.77 bits per heavy atom. The number of nitrogens with one attached hydrogen (secondary N) is 2. The van der Waals surface area contributed by atoms with Gasteiger partial charge in [0.05, 0.1) is 13.2 Å². The normalized spacial score (nSPS) is 10.0. The predicted molar refractivity (Wildman–Crippen MR) is 106 cm³/mol. The van der Waals surface area contributed by atoms with E-state index in [1.807, 2.05) is 48.5 Å². The van der Waals surface area contributed by atoms with Gasteiger partial charge < -0.3 is 20.1 Å². The van der Waals surface area contributed by atoms with E-state index in [1.54, 1.807) is 6.08 Å². The van der Waals surface area contributed by atoms with E-state index in [9.17, 15) is 4.79 Å². The number of hydrogen-bond donors (Lipinski definition) is 2. The molecule has 2 aromatic carbocycles. The fourth-order valence-electron chi connectivity index (χ4n) is 2.24. The molecule has 0 saturated carbocycles. The molecule has 0 spiro atoms. The third-order valence-electron chi connectivity index (χ3n) is 3.54. The fourth-order valence-corrected chi connectivity index (χ4v) is 2.24. The Kier molecular flexibility index (Phi) is 8.06. The van der Waals surface area contributed by atoms with E-state index in [2.05, 4.69) is 24.1 Å². The highest BCUT2D eigenvalue weighted by Crippen LogP contribution is 2.19. The molecule has 2 rings (SSSR count). The molecular formula is C21H26N2O3. The molecule has 0 unspecified atom stereocenters. The van der Waals surface area contributed by atoms with Crippen molar-refractivity contribution in [3.05, 3.63) is 61.2 Å². The topological polar surface area (TPSA) is 59.6 Å². The zero-order chi connectivity index (χ0) is 18.6. The van der Waals surface area contributed by atoms with E-state index in [-0.39, 0.29) is 12.5 Å². The minimum Gasteiger partial charge on any atom is -0.494 e. The first kappa shape index (κ1) is 19.4. The second-order valence-corrected chi connectivity index (χ2v) is 5.76. The Morgan fingerprint density at radius 3 is 2.50 bits per heavy atom. The second-order valence-electron chi connectivity index (χ2n) is 5.76. The van der Waals surface area contributed by atoms with E-state index >= 15 is 0 Å². The molecule has 2 N–H and O–H groups in total. The number of carbonyl (C=O) groups excluding carboxylic acids is 1. The summed E-state index contributed by atoms with van der Waals surface area (Å²) in [5.74, 6) is 1.36. The van der Waals surface area contributed by atoms with Crippen molar-refractivity contribution in [2.24, 2.45) is 0 Å². The van der Waals surface area contributed by atoms with Crippen LogP contribution in [0.4, 0.5) is 11.4 Å². The van der Waals surface area contributed by atoms with Gasteiger partial charge in [0, 0.05) is 23.5 Å². The molecule has 0 aliphatic rings. The molecule has 0 radical (unpaired) electrons. The van der Waals surface area contributed by atoms with Crippen LogP contribution >= 0.6 is 0 Å². The molecule has 0 bridgehead atoms. The van der Waals surface area contributed by atoms with Gasteiger partial charge in [0.1, 0.15) is 18.1 Å². The number of anilines is 2. The average molecular weight is 354 g/mol. The number of hydrogen-bond acceptors (Lipinski definition) is 4. The van der Waals surface area contributed by atoms with E-state index in [1.165, 1.54) is 0 Å². The molecule has 0 aromatic heterocycles. The van der Waals surface area contributed by atoms with Gasteiger partial charge in [-0.1, -0.05) is 38.1 Å². The summed E-state index contributed by atoms with van der Waals surface area (Å²) in [6, 6.07) is 14.9. The smallest absolute Gasteiger partial charge is 0.243 e. The van der Waals surface area contributed by atoms with E-state index in [0.29, 0.717) is 18.9 Å². The van der Waals surface area contributed by atoms with Gasteiger partial charge in [-0.3, -0.25) is 4.79 Å². The minimum absolute atomic E-state index is 0.131. The van der Waals surface area contributed by atoms with Crippen molar-refractivity contribution >= 4 is 17.3 Å². The Balaban J connectivity index is 1.83. The third kappa shape index (κ3) is 6.89. The lowest BCUT2D eigenvalue weighted by Gasteiger charge is -2.11. The standard InChI is InChI=1S/C21H26N2O3/c1-3-5-13-26-20-11-7-9-18(15-20)23-21(24)16-22-17-8-6-10-19(14-17)25-12-4-2/h4,6-11,14-15,22H,2-3,5,12-13,16H2,1H3,(H,23,24). The van der Waals surface area contributed by atoms with Gasteiger partial charge in [-0.2, -0.15) is 0 Å². The largest absolute Gasteiger partial charge is 0.494 e. The molecule has 0 saturated heterocycles. The minimum atomic E-state index is -0.131. The summed E-state index contributed by atoms with van der Waals surface area (Å²) in [5, 5.41) is 5.95. The summed E-state index contributed by atoms with van der Waals surface area (Å²) in [6.45, 7) is 7.03. The SMILES string of the molecule is C=CCOc1cccc(NCC(=O)Nc2cccc(OCCCC)c2)c1. The Bertz CT molecular complexity index is 716. The number of ether oxygens (including phenoxy) is 2. The van der Waals surface area contributed by atoms with Crippen LogP contribution in [-0.4, -0.2) is 25.7 Å². The molecule has 0 aliphatic carbocycles. The van der Waals surface area contributed by atoms with Crippen molar-refractivity contribution < 1.29 is 14.3 Å². The predicted octanol–water partition coefficient (Wildman–Crippen LogP) is 4.48.